The Labute approximate surface area is 208 Å². The first-order valence-electron chi connectivity index (χ1n) is 12.1. The van der Waals surface area contributed by atoms with Gasteiger partial charge in [-0.05, 0) is 29.4 Å². The molecule has 35 heavy (non-hydrogen) atoms. The van der Waals surface area contributed by atoms with Crippen LogP contribution in [0.4, 0.5) is 11.9 Å². The van der Waals surface area contributed by atoms with Crippen LogP contribution in [0.25, 0.3) is 0 Å². The summed E-state index contributed by atoms with van der Waals surface area (Å²) in [5.41, 5.74) is 2.41. The first kappa shape index (κ1) is 27.3. The number of hydrogen-bond donors (Lipinski definition) is 3. The number of nitrogens with zero attached hydrogens (tertiary/aromatic N) is 4. The number of hydrogen-bond acceptors (Lipinski definition) is 9. The third-order valence-corrected chi connectivity index (χ3v) is 6.37. The van der Waals surface area contributed by atoms with Gasteiger partial charge in [-0.1, -0.05) is 45.0 Å². The van der Waals surface area contributed by atoms with Crippen molar-refractivity contribution in [1.29, 1.82) is 0 Å². The van der Waals surface area contributed by atoms with Gasteiger partial charge in [-0.3, -0.25) is 9.62 Å². The SMILES string of the molecule is CC(C)C[C@H](CO)Nc1nc(CC(C)c2ccc(CN3CCOCC3)cc2)nc(NS(C)(=O)=O)n1. The number of sulfonamides is 1. The van der Waals surface area contributed by atoms with E-state index in [-0.39, 0.29) is 30.5 Å². The fourth-order valence-corrected chi connectivity index (χ4v) is 4.50. The smallest absolute Gasteiger partial charge is 0.241 e. The summed E-state index contributed by atoms with van der Waals surface area (Å²) in [5.74, 6) is 1.15. The van der Waals surface area contributed by atoms with Crippen LogP contribution in [0.15, 0.2) is 24.3 Å². The number of ether oxygens (including phenoxy) is 1. The molecule has 194 valence electrons. The molecule has 10 nitrogen and oxygen atoms in total. The molecule has 2 atom stereocenters. The second kappa shape index (κ2) is 12.6. The molecule has 2 aromatic rings. The van der Waals surface area contributed by atoms with Crippen LogP contribution in [-0.4, -0.2) is 78.6 Å². The Balaban J connectivity index is 1.73. The Hall–Kier alpha value is -2.34. The van der Waals surface area contributed by atoms with E-state index < -0.39 is 10.0 Å². The summed E-state index contributed by atoms with van der Waals surface area (Å²) in [6.45, 7) is 10.5. The highest BCUT2D eigenvalue weighted by atomic mass is 32.2. The van der Waals surface area contributed by atoms with Crippen molar-refractivity contribution in [2.45, 2.75) is 52.1 Å². The van der Waals surface area contributed by atoms with E-state index in [0.29, 0.717) is 18.2 Å². The van der Waals surface area contributed by atoms with Crippen molar-refractivity contribution in [2.24, 2.45) is 5.92 Å². The lowest BCUT2D eigenvalue weighted by Gasteiger charge is -2.26. The number of anilines is 2. The van der Waals surface area contributed by atoms with Crippen molar-refractivity contribution in [3.63, 3.8) is 0 Å². The number of aliphatic hydroxyl groups is 1. The molecule has 3 N–H and O–H groups in total. The van der Waals surface area contributed by atoms with E-state index in [1.165, 1.54) is 5.56 Å². The second-order valence-electron chi connectivity index (χ2n) is 9.66. The molecule has 0 saturated carbocycles. The summed E-state index contributed by atoms with van der Waals surface area (Å²) < 4.78 is 31.3. The summed E-state index contributed by atoms with van der Waals surface area (Å²) in [7, 11) is -3.55. The van der Waals surface area contributed by atoms with Crippen LogP contribution >= 0.6 is 0 Å². The molecule has 1 aliphatic heterocycles. The van der Waals surface area contributed by atoms with E-state index in [1.54, 1.807) is 0 Å². The molecule has 0 aliphatic carbocycles. The molecule has 3 rings (SSSR count). The highest BCUT2D eigenvalue weighted by Gasteiger charge is 2.17. The van der Waals surface area contributed by atoms with Crippen molar-refractivity contribution >= 4 is 21.9 Å². The monoisotopic (exact) mass is 506 g/mol. The molecule has 1 aromatic carbocycles. The Morgan fingerprint density at radius 1 is 1.06 bits per heavy atom. The number of aliphatic hydroxyl groups excluding tert-OH is 1. The maximum atomic E-state index is 11.8. The molecular formula is C24H38N6O4S. The normalized spacial score (nSPS) is 16.7. The summed E-state index contributed by atoms with van der Waals surface area (Å²) in [6, 6.07) is 8.31. The van der Waals surface area contributed by atoms with Gasteiger partial charge in [-0.2, -0.15) is 15.0 Å². The molecule has 1 aromatic heterocycles. The van der Waals surface area contributed by atoms with Gasteiger partial charge >= 0.3 is 0 Å². The van der Waals surface area contributed by atoms with E-state index in [4.69, 9.17) is 4.74 Å². The molecule has 11 heteroatoms. The van der Waals surface area contributed by atoms with Crippen LogP contribution in [0.1, 0.15) is 50.1 Å². The number of aromatic nitrogens is 3. The van der Waals surface area contributed by atoms with Crippen molar-refractivity contribution in [2.75, 3.05) is 49.2 Å². The van der Waals surface area contributed by atoms with Crippen molar-refractivity contribution in [3.05, 3.63) is 41.2 Å². The second-order valence-corrected chi connectivity index (χ2v) is 11.4. The minimum Gasteiger partial charge on any atom is -0.394 e. The maximum absolute atomic E-state index is 11.8. The summed E-state index contributed by atoms with van der Waals surface area (Å²) >= 11 is 0. The molecule has 0 radical (unpaired) electrons. The Morgan fingerprint density at radius 2 is 1.71 bits per heavy atom. The van der Waals surface area contributed by atoms with Crippen LogP contribution in [0.5, 0.6) is 0 Å². The largest absolute Gasteiger partial charge is 0.394 e. The summed E-state index contributed by atoms with van der Waals surface area (Å²) in [6.07, 6.45) is 2.28. The first-order chi connectivity index (χ1) is 16.6. The van der Waals surface area contributed by atoms with E-state index in [0.717, 1.165) is 51.1 Å². The number of rotatable bonds is 12. The van der Waals surface area contributed by atoms with Gasteiger partial charge in [0.2, 0.25) is 21.9 Å². The zero-order valence-electron chi connectivity index (χ0n) is 21.1. The quantitative estimate of drug-likeness (QED) is 0.397. The highest BCUT2D eigenvalue weighted by Crippen LogP contribution is 2.22. The molecule has 1 aliphatic rings. The van der Waals surface area contributed by atoms with Gasteiger partial charge < -0.3 is 15.2 Å². The molecule has 0 bridgehead atoms. The van der Waals surface area contributed by atoms with Crippen molar-refractivity contribution in [1.82, 2.24) is 19.9 Å². The number of benzene rings is 1. The number of nitrogens with one attached hydrogen (secondary N) is 2. The fraction of sp³-hybridized carbons (Fsp3) is 0.625. The summed E-state index contributed by atoms with van der Waals surface area (Å²) in [4.78, 5) is 15.5. The maximum Gasteiger partial charge on any atom is 0.241 e. The van der Waals surface area contributed by atoms with Crippen LogP contribution in [0, 0.1) is 5.92 Å². The van der Waals surface area contributed by atoms with Gasteiger partial charge in [0.25, 0.3) is 0 Å². The number of morpholine rings is 1. The standard InChI is InChI=1S/C24H38N6O4S/c1-17(2)13-21(16-31)25-23-26-22(27-24(28-23)29-35(4,32)33)14-18(3)20-7-5-19(6-8-20)15-30-9-11-34-12-10-30/h5-8,17-18,21,31H,9-16H2,1-4H3,(H2,25,26,27,28,29)/t18?,21-/m1/s1. The Kier molecular flexibility index (Phi) is 9.79. The van der Waals surface area contributed by atoms with Crippen LogP contribution in [-0.2, 0) is 27.7 Å². The van der Waals surface area contributed by atoms with Crippen LogP contribution in [0.3, 0.4) is 0 Å². The summed E-state index contributed by atoms with van der Waals surface area (Å²) in [5, 5.41) is 12.9. The van der Waals surface area contributed by atoms with Gasteiger partial charge in [0, 0.05) is 26.1 Å². The highest BCUT2D eigenvalue weighted by molar-refractivity contribution is 7.91. The predicted octanol–water partition coefficient (Wildman–Crippen LogP) is 2.24. The Bertz CT molecular complexity index is 1040. The lowest BCUT2D eigenvalue weighted by atomic mass is 9.96. The molecule has 1 saturated heterocycles. The molecular weight excluding hydrogens is 468 g/mol. The van der Waals surface area contributed by atoms with Gasteiger partial charge in [0.05, 0.1) is 32.1 Å². The lowest BCUT2D eigenvalue weighted by Crippen LogP contribution is -2.35. The molecule has 1 unspecified atom stereocenters. The molecule has 0 amide bonds. The fourth-order valence-electron chi connectivity index (χ4n) is 4.08. The third-order valence-electron chi connectivity index (χ3n) is 5.82. The average Bonchev–Trinajstić information content (AvgIpc) is 2.78. The first-order valence-corrected chi connectivity index (χ1v) is 14.0. The minimum atomic E-state index is -3.55. The molecule has 0 spiro atoms. The van der Waals surface area contributed by atoms with Gasteiger partial charge in [-0.25, -0.2) is 8.42 Å². The lowest BCUT2D eigenvalue weighted by molar-refractivity contribution is 0.0342. The van der Waals surface area contributed by atoms with Gasteiger partial charge in [0.15, 0.2) is 0 Å². The average molecular weight is 507 g/mol. The molecule has 1 fully saturated rings. The zero-order chi connectivity index (χ0) is 25.4. The van der Waals surface area contributed by atoms with Crippen molar-refractivity contribution in [3.8, 4) is 0 Å². The van der Waals surface area contributed by atoms with E-state index in [9.17, 15) is 13.5 Å². The van der Waals surface area contributed by atoms with E-state index >= 15 is 0 Å². The van der Waals surface area contributed by atoms with E-state index in [2.05, 4.69) is 74.9 Å². The molecule has 2 heterocycles. The minimum absolute atomic E-state index is 0.0331. The van der Waals surface area contributed by atoms with Gasteiger partial charge in [0.1, 0.15) is 5.82 Å². The third kappa shape index (κ3) is 9.32. The van der Waals surface area contributed by atoms with Crippen molar-refractivity contribution < 1.29 is 18.3 Å². The predicted molar refractivity (Wildman–Crippen MR) is 137 cm³/mol. The Morgan fingerprint density at radius 3 is 2.31 bits per heavy atom. The van der Waals surface area contributed by atoms with Crippen LogP contribution < -0.4 is 10.0 Å². The van der Waals surface area contributed by atoms with Crippen LogP contribution in [0.2, 0.25) is 0 Å². The zero-order valence-corrected chi connectivity index (χ0v) is 21.9. The topological polar surface area (TPSA) is 130 Å². The van der Waals surface area contributed by atoms with Gasteiger partial charge in [-0.15, -0.1) is 0 Å². The van der Waals surface area contributed by atoms with E-state index in [1.807, 2.05) is 0 Å².